The van der Waals surface area contributed by atoms with E-state index in [9.17, 15) is 4.57 Å². The molecule has 1 atom stereocenters. The number of phosphoric acid groups is 1. The van der Waals surface area contributed by atoms with Crippen LogP contribution in [0.2, 0.25) is 0 Å². The Labute approximate surface area is 169 Å². The lowest BCUT2D eigenvalue weighted by atomic mass is 9.98. The predicted octanol–water partition coefficient (Wildman–Crippen LogP) is 3.55. The number of phosphoric ester groups is 1. The summed E-state index contributed by atoms with van der Waals surface area (Å²) in [5.41, 5.74) is 7.64. The topological polar surface area (TPSA) is 102 Å². The molecule has 2 rings (SSSR count). The molecule has 8 heteroatoms. The maximum Gasteiger partial charge on any atom is 0.469 e. The molecule has 1 aromatic heterocycles. The number of aryl methyl sites for hydroxylation is 3. The molecule has 0 amide bonds. The van der Waals surface area contributed by atoms with Crippen LogP contribution in [0.4, 0.5) is 0 Å². The van der Waals surface area contributed by atoms with Crippen molar-refractivity contribution >= 4 is 19.2 Å². The molecule has 28 heavy (non-hydrogen) atoms. The first-order valence-corrected chi connectivity index (χ1v) is 11.2. The third-order valence-electron chi connectivity index (χ3n) is 4.17. The number of rotatable bonds is 8. The quantitative estimate of drug-likeness (QED) is 0.443. The molecule has 2 aromatic rings. The molecule has 0 aliphatic heterocycles. The minimum absolute atomic E-state index is 0.203. The van der Waals surface area contributed by atoms with Crippen LogP contribution in [-0.4, -0.2) is 28.5 Å². The molecule has 152 valence electrons. The van der Waals surface area contributed by atoms with Crippen molar-refractivity contribution in [1.82, 2.24) is 0 Å². The van der Waals surface area contributed by atoms with Gasteiger partial charge >= 0.3 is 7.82 Å². The second-order valence-electron chi connectivity index (χ2n) is 7.02. The molecular weight excluding hydrogens is 397 g/mol. The predicted molar refractivity (Wildman–Crippen MR) is 112 cm³/mol. The number of thiophene rings is 1. The Hall–Kier alpha value is -1.65. The van der Waals surface area contributed by atoms with E-state index in [1.54, 1.807) is 18.3 Å². The van der Waals surface area contributed by atoms with Gasteiger partial charge in [-0.3, -0.25) is 4.52 Å². The molecule has 0 radical (unpaired) electrons. The van der Waals surface area contributed by atoms with Crippen LogP contribution in [-0.2, 0) is 15.5 Å². The van der Waals surface area contributed by atoms with Gasteiger partial charge in [-0.1, -0.05) is 17.9 Å². The van der Waals surface area contributed by atoms with Gasteiger partial charge in [0.15, 0.2) is 0 Å². The van der Waals surface area contributed by atoms with Crippen molar-refractivity contribution < 1.29 is 23.6 Å². The summed E-state index contributed by atoms with van der Waals surface area (Å²) < 4.78 is 21.0. The second kappa shape index (κ2) is 9.71. The highest BCUT2D eigenvalue weighted by atomic mass is 32.1. The van der Waals surface area contributed by atoms with Crippen LogP contribution < -0.4 is 10.5 Å². The lowest BCUT2D eigenvalue weighted by Gasteiger charge is -2.24. The van der Waals surface area contributed by atoms with E-state index >= 15 is 0 Å². The van der Waals surface area contributed by atoms with E-state index < -0.39 is 13.4 Å². The normalized spacial score (nSPS) is 13.5. The fourth-order valence-corrected chi connectivity index (χ4v) is 3.68. The molecule has 0 aliphatic rings. The Morgan fingerprint density at radius 1 is 1.21 bits per heavy atom. The molecule has 0 saturated heterocycles. The monoisotopic (exact) mass is 423 g/mol. The van der Waals surface area contributed by atoms with Gasteiger partial charge in [0.2, 0.25) is 0 Å². The Bertz CT molecular complexity index is 907. The van der Waals surface area contributed by atoms with Crippen LogP contribution >= 0.6 is 19.2 Å². The zero-order valence-corrected chi connectivity index (χ0v) is 18.0. The maximum absolute atomic E-state index is 10.8. The van der Waals surface area contributed by atoms with Crippen molar-refractivity contribution in [2.24, 2.45) is 5.73 Å². The van der Waals surface area contributed by atoms with Crippen molar-refractivity contribution in [2.45, 2.75) is 39.2 Å². The molecule has 1 unspecified atom stereocenters. The molecule has 0 spiro atoms. The fourth-order valence-electron chi connectivity index (χ4n) is 2.34. The summed E-state index contributed by atoms with van der Waals surface area (Å²) in [5.74, 6) is 6.91. The van der Waals surface area contributed by atoms with Gasteiger partial charge in [-0.15, -0.1) is 11.3 Å². The van der Waals surface area contributed by atoms with E-state index in [1.165, 1.54) is 11.1 Å². The van der Waals surface area contributed by atoms with Crippen molar-refractivity contribution in [1.29, 1.82) is 0 Å². The molecule has 6 nitrogen and oxygen atoms in total. The van der Waals surface area contributed by atoms with Crippen LogP contribution in [0.3, 0.4) is 0 Å². The third-order valence-corrected chi connectivity index (χ3v) is 5.69. The molecule has 4 N–H and O–H groups in total. The fraction of sp³-hybridized carbons (Fsp3) is 0.400. The van der Waals surface area contributed by atoms with Gasteiger partial charge in [0, 0.05) is 10.4 Å². The minimum Gasteiger partial charge on any atom is -0.481 e. The summed E-state index contributed by atoms with van der Waals surface area (Å²) >= 11 is 1.57. The van der Waals surface area contributed by atoms with Crippen molar-refractivity contribution in [3.05, 3.63) is 51.2 Å². The van der Waals surface area contributed by atoms with E-state index in [2.05, 4.69) is 23.3 Å². The summed E-state index contributed by atoms with van der Waals surface area (Å²) in [6.07, 6.45) is 1.22. The summed E-state index contributed by atoms with van der Waals surface area (Å²) in [4.78, 5) is 19.6. The average Bonchev–Trinajstić information content (AvgIpc) is 3.06. The smallest absolute Gasteiger partial charge is 0.469 e. The number of nitrogens with two attached hydrogens (primary N) is 1. The first kappa shape index (κ1) is 22.6. The maximum atomic E-state index is 10.8. The zero-order chi connectivity index (χ0) is 20.8. The summed E-state index contributed by atoms with van der Waals surface area (Å²) in [6.45, 7) is 5.93. The van der Waals surface area contributed by atoms with Gasteiger partial charge < -0.3 is 20.3 Å². The van der Waals surface area contributed by atoms with Gasteiger partial charge in [-0.2, -0.15) is 0 Å². The van der Waals surface area contributed by atoms with E-state index in [4.69, 9.17) is 20.3 Å². The first-order chi connectivity index (χ1) is 13.0. The lowest BCUT2D eigenvalue weighted by Crippen LogP contribution is -2.41. The standard InChI is InChI=1S/C20H26NO5PS/c1-15-6-7-17(13-16(15)2)25-12-4-5-18-8-9-19(28-18)10-11-20(3,21)14-26-27(22,23)24/h6-9,13H,10-12,14,21H2,1-3H3,(H2,22,23,24). The molecule has 1 aromatic carbocycles. The van der Waals surface area contributed by atoms with Crippen LogP contribution in [0, 0.1) is 25.7 Å². The van der Waals surface area contributed by atoms with Crippen molar-refractivity contribution in [3.8, 4) is 17.6 Å². The SMILES string of the molecule is Cc1ccc(OCC#Cc2ccc(CCC(C)(N)COP(=O)(O)O)s2)cc1C. The Morgan fingerprint density at radius 3 is 2.64 bits per heavy atom. The molecule has 0 bridgehead atoms. The molecular formula is C20H26NO5PS. The largest absolute Gasteiger partial charge is 0.481 e. The van der Waals surface area contributed by atoms with Crippen molar-refractivity contribution in [3.63, 3.8) is 0 Å². The van der Waals surface area contributed by atoms with E-state index in [0.29, 0.717) is 19.4 Å². The first-order valence-electron chi connectivity index (χ1n) is 8.81. The Balaban J connectivity index is 1.81. The molecule has 0 aliphatic carbocycles. The highest BCUT2D eigenvalue weighted by Crippen LogP contribution is 2.37. The van der Waals surface area contributed by atoms with Crippen molar-refractivity contribution in [2.75, 3.05) is 13.2 Å². The van der Waals surface area contributed by atoms with Gasteiger partial charge in [0.1, 0.15) is 12.4 Å². The zero-order valence-electron chi connectivity index (χ0n) is 16.3. The number of hydrogen-bond donors (Lipinski definition) is 3. The van der Waals surface area contributed by atoms with Crippen LogP contribution in [0.5, 0.6) is 5.75 Å². The van der Waals surface area contributed by atoms with Gasteiger partial charge in [-0.05, 0) is 69.0 Å². The van der Waals surface area contributed by atoms with Gasteiger partial charge in [-0.25, -0.2) is 4.57 Å². The minimum atomic E-state index is -4.50. The Kier molecular flexibility index (Phi) is 7.85. The van der Waals surface area contributed by atoms with E-state index in [1.807, 2.05) is 37.3 Å². The number of ether oxygens (including phenoxy) is 1. The van der Waals surface area contributed by atoms with Crippen LogP contribution in [0.15, 0.2) is 30.3 Å². The van der Waals surface area contributed by atoms with E-state index in [-0.39, 0.29) is 6.61 Å². The molecule has 0 fully saturated rings. The highest BCUT2D eigenvalue weighted by Gasteiger charge is 2.24. The summed E-state index contributed by atoms with van der Waals surface area (Å²) in [5, 5.41) is 0. The summed E-state index contributed by atoms with van der Waals surface area (Å²) in [6, 6.07) is 9.90. The average molecular weight is 423 g/mol. The molecule has 1 heterocycles. The van der Waals surface area contributed by atoms with Gasteiger partial charge in [0.05, 0.1) is 11.5 Å². The lowest BCUT2D eigenvalue weighted by molar-refractivity contribution is 0.154. The van der Waals surface area contributed by atoms with Gasteiger partial charge in [0.25, 0.3) is 0 Å². The molecule has 0 saturated carbocycles. The highest BCUT2D eigenvalue weighted by molar-refractivity contribution is 7.46. The van der Waals surface area contributed by atoms with Crippen LogP contribution in [0.25, 0.3) is 0 Å². The number of hydrogen-bond acceptors (Lipinski definition) is 5. The Morgan fingerprint density at radius 2 is 1.96 bits per heavy atom. The van der Waals surface area contributed by atoms with E-state index in [0.717, 1.165) is 15.5 Å². The van der Waals surface area contributed by atoms with Crippen LogP contribution in [0.1, 0.15) is 34.2 Å². The third kappa shape index (κ3) is 8.15. The summed E-state index contributed by atoms with van der Waals surface area (Å²) in [7, 11) is -4.50. The second-order valence-corrected chi connectivity index (χ2v) is 9.43. The number of benzene rings is 1.